The molecule has 154 valence electrons. The predicted octanol–water partition coefficient (Wildman–Crippen LogP) is 5.69. The molecule has 3 heteroatoms. The van der Waals surface area contributed by atoms with Gasteiger partial charge in [0.1, 0.15) is 0 Å². The Morgan fingerprint density at radius 1 is 1.11 bits per heavy atom. The molecule has 0 radical (unpaired) electrons. The van der Waals surface area contributed by atoms with Gasteiger partial charge in [0.05, 0.1) is 11.8 Å². The number of aromatic nitrogens is 2. The van der Waals surface area contributed by atoms with Crippen molar-refractivity contribution in [2.45, 2.75) is 91.2 Å². The number of aryl methyl sites for hydroxylation is 1. The van der Waals surface area contributed by atoms with Crippen LogP contribution in [-0.2, 0) is 6.54 Å². The van der Waals surface area contributed by atoms with Gasteiger partial charge >= 0.3 is 0 Å². The van der Waals surface area contributed by atoms with E-state index in [-0.39, 0.29) is 11.5 Å². The van der Waals surface area contributed by atoms with E-state index in [9.17, 15) is 5.11 Å². The number of aliphatic hydroxyl groups is 1. The van der Waals surface area contributed by atoms with E-state index in [2.05, 4.69) is 38.0 Å². The Morgan fingerprint density at radius 2 is 1.96 bits per heavy atom. The average molecular weight is 383 g/mol. The van der Waals surface area contributed by atoms with Gasteiger partial charge in [0.25, 0.3) is 0 Å². The highest BCUT2D eigenvalue weighted by molar-refractivity contribution is 5.52. The monoisotopic (exact) mass is 382 g/mol. The smallest absolute Gasteiger partial charge is 0.0851 e. The molecule has 7 atom stereocenters. The van der Waals surface area contributed by atoms with Crippen LogP contribution < -0.4 is 0 Å². The number of aliphatic hydroxyl groups excluding tert-OH is 1. The van der Waals surface area contributed by atoms with Gasteiger partial charge < -0.3 is 5.11 Å². The lowest BCUT2D eigenvalue weighted by molar-refractivity contribution is -0.119. The average Bonchev–Trinajstić information content (AvgIpc) is 3.25. The number of hydrogen-bond acceptors (Lipinski definition) is 2. The summed E-state index contributed by atoms with van der Waals surface area (Å²) < 4.78 is 1.98. The van der Waals surface area contributed by atoms with E-state index in [1.807, 2.05) is 10.9 Å². The Bertz CT molecular complexity index is 766. The molecule has 5 rings (SSSR count). The van der Waals surface area contributed by atoms with E-state index in [1.54, 1.807) is 0 Å². The fraction of sp³-hybridized carbons (Fsp3) is 0.800. The minimum absolute atomic E-state index is 0.0676. The largest absolute Gasteiger partial charge is 0.388 e. The third kappa shape index (κ3) is 2.68. The fourth-order valence-corrected chi connectivity index (χ4v) is 8.11. The summed E-state index contributed by atoms with van der Waals surface area (Å²) in [5.41, 5.74) is 2.89. The van der Waals surface area contributed by atoms with Gasteiger partial charge in [0.2, 0.25) is 0 Å². The minimum atomic E-state index is -0.290. The van der Waals surface area contributed by atoms with Crippen LogP contribution in [0.5, 0.6) is 0 Å². The van der Waals surface area contributed by atoms with E-state index in [4.69, 9.17) is 0 Å². The van der Waals surface area contributed by atoms with E-state index < -0.39 is 0 Å². The van der Waals surface area contributed by atoms with Gasteiger partial charge in [-0.25, -0.2) is 0 Å². The molecule has 4 fully saturated rings. The van der Waals surface area contributed by atoms with Crippen LogP contribution >= 0.6 is 0 Å². The first-order valence-corrected chi connectivity index (χ1v) is 11.9. The van der Waals surface area contributed by atoms with Crippen LogP contribution in [0.15, 0.2) is 17.8 Å². The molecule has 0 amide bonds. The molecule has 0 bridgehead atoms. The maximum absolute atomic E-state index is 11.4. The molecule has 0 aromatic carbocycles. The van der Waals surface area contributed by atoms with Crippen molar-refractivity contribution < 1.29 is 5.11 Å². The summed E-state index contributed by atoms with van der Waals surface area (Å²) in [6.45, 7) is 8.04. The van der Waals surface area contributed by atoms with Gasteiger partial charge in [-0.1, -0.05) is 26.7 Å². The lowest BCUT2D eigenvalue weighted by Gasteiger charge is -2.60. The highest BCUT2D eigenvalue weighted by Crippen LogP contribution is 2.66. The van der Waals surface area contributed by atoms with Crippen molar-refractivity contribution in [2.24, 2.45) is 34.5 Å². The molecule has 1 aromatic rings. The first-order chi connectivity index (χ1) is 13.5. The van der Waals surface area contributed by atoms with Gasteiger partial charge in [-0.2, -0.15) is 5.10 Å². The van der Waals surface area contributed by atoms with Crippen molar-refractivity contribution in [3.05, 3.63) is 23.5 Å². The molecular formula is C25H38N2O. The third-order valence-electron chi connectivity index (χ3n) is 9.77. The van der Waals surface area contributed by atoms with Gasteiger partial charge in [0, 0.05) is 18.2 Å². The first kappa shape index (κ1) is 18.9. The van der Waals surface area contributed by atoms with Gasteiger partial charge in [0.15, 0.2) is 0 Å². The molecule has 4 aliphatic rings. The summed E-state index contributed by atoms with van der Waals surface area (Å²) in [4.78, 5) is 0. The Kier molecular flexibility index (Phi) is 4.54. The Labute approximate surface area is 170 Å². The van der Waals surface area contributed by atoms with Crippen LogP contribution in [-0.4, -0.2) is 21.0 Å². The van der Waals surface area contributed by atoms with Crippen molar-refractivity contribution in [2.75, 3.05) is 0 Å². The van der Waals surface area contributed by atoms with Gasteiger partial charge in [-0.15, -0.1) is 0 Å². The van der Waals surface area contributed by atoms with Crippen LogP contribution in [0.2, 0.25) is 0 Å². The van der Waals surface area contributed by atoms with Gasteiger partial charge in [-0.3, -0.25) is 4.68 Å². The summed E-state index contributed by atoms with van der Waals surface area (Å²) in [7, 11) is 0. The summed E-state index contributed by atoms with van der Waals surface area (Å²) in [5.74, 6) is 3.31. The number of hydrogen-bond donors (Lipinski definition) is 1. The summed E-state index contributed by atoms with van der Waals surface area (Å²) in [5, 5.41) is 16.0. The molecule has 0 spiro atoms. The standard InChI is InChI=1S/C25H38N2O/c1-4-27-14-11-19(26-27)15-17-16-22-20-9-8-18-7-5-6-12-24(18,2)21(20)10-13-25(22,3)23(17)28/h11,14-15,18,20-23,28H,4-10,12-13,16H2,1-3H3/b17-15+/t18-,20+,21-,22-,23-,24-,25-/m0/s1. The SMILES string of the molecule is CCn1ccc(/C=C2\C[C@H]3[C@@H]4CC[C@@H]5CCCC[C@]5(C)[C@H]4CC[C@]3(C)[C@H]2O)n1. The topological polar surface area (TPSA) is 38.0 Å². The quantitative estimate of drug-likeness (QED) is 0.713. The third-order valence-corrected chi connectivity index (χ3v) is 9.77. The van der Waals surface area contributed by atoms with Crippen molar-refractivity contribution in [3.63, 3.8) is 0 Å². The Balaban J connectivity index is 1.44. The van der Waals surface area contributed by atoms with Crippen molar-refractivity contribution in [1.82, 2.24) is 9.78 Å². The van der Waals surface area contributed by atoms with E-state index in [1.165, 1.54) is 56.9 Å². The summed E-state index contributed by atoms with van der Waals surface area (Å²) in [6, 6.07) is 2.09. The highest BCUT2D eigenvalue weighted by atomic mass is 16.3. The van der Waals surface area contributed by atoms with E-state index in [0.717, 1.165) is 36.4 Å². The predicted molar refractivity (Wildman–Crippen MR) is 114 cm³/mol. The second kappa shape index (κ2) is 6.72. The summed E-state index contributed by atoms with van der Waals surface area (Å²) >= 11 is 0. The maximum atomic E-state index is 11.4. The Morgan fingerprint density at radius 3 is 2.75 bits per heavy atom. The molecule has 1 N–H and O–H groups in total. The minimum Gasteiger partial charge on any atom is -0.388 e. The molecule has 3 nitrogen and oxygen atoms in total. The zero-order valence-corrected chi connectivity index (χ0v) is 18.0. The molecule has 0 aliphatic heterocycles. The number of nitrogens with zero attached hydrogens (tertiary/aromatic N) is 2. The van der Waals surface area contributed by atoms with Crippen LogP contribution in [0.25, 0.3) is 6.08 Å². The van der Waals surface area contributed by atoms with E-state index in [0.29, 0.717) is 11.3 Å². The van der Waals surface area contributed by atoms with Crippen molar-refractivity contribution in [1.29, 1.82) is 0 Å². The summed E-state index contributed by atoms with van der Waals surface area (Å²) in [6.07, 6.45) is 16.2. The molecule has 1 aromatic heterocycles. The van der Waals surface area contributed by atoms with Crippen LogP contribution in [0.4, 0.5) is 0 Å². The number of fused-ring (bicyclic) bond motifs is 5. The molecule has 28 heavy (non-hydrogen) atoms. The van der Waals surface area contributed by atoms with E-state index >= 15 is 0 Å². The molecule has 4 aliphatic carbocycles. The molecular weight excluding hydrogens is 344 g/mol. The molecule has 1 heterocycles. The van der Waals surface area contributed by atoms with Crippen molar-refractivity contribution >= 4 is 6.08 Å². The fourth-order valence-electron chi connectivity index (χ4n) is 8.11. The first-order valence-electron chi connectivity index (χ1n) is 11.9. The zero-order chi connectivity index (χ0) is 19.5. The normalized spacial score (nSPS) is 46.9. The lowest BCUT2D eigenvalue weighted by Crippen LogP contribution is -2.53. The zero-order valence-electron chi connectivity index (χ0n) is 18.0. The highest BCUT2D eigenvalue weighted by Gasteiger charge is 2.60. The Hall–Kier alpha value is -1.09. The van der Waals surface area contributed by atoms with Gasteiger partial charge in [-0.05, 0) is 98.7 Å². The lowest BCUT2D eigenvalue weighted by atomic mass is 9.45. The van der Waals surface area contributed by atoms with Crippen LogP contribution in [0, 0.1) is 34.5 Å². The molecule has 4 saturated carbocycles. The van der Waals surface area contributed by atoms with Crippen LogP contribution in [0.3, 0.4) is 0 Å². The second-order valence-corrected chi connectivity index (χ2v) is 10.9. The molecule has 0 unspecified atom stereocenters. The van der Waals surface area contributed by atoms with Crippen LogP contribution in [0.1, 0.15) is 84.3 Å². The number of rotatable bonds is 2. The second-order valence-electron chi connectivity index (χ2n) is 10.9. The maximum Gasteiger partial charge on any atom is 0.0851 e. The van der Waals surface area contributed by atoms with Crippen molar-refractivity contribution in [3.8, 4) is 0 Å². The molecule has 0 saturated heterocycles.